The van der Waals surface area contributed by atoms with E-state index < -0.39 is 79.0 Å². The van der Waals surface area contributed by atoms with Crippen LogP contribution in [0.2, 0.25) is 0 Å². The van der Waals surface area contributed by atoms with Gasteiger partial charge in [-0.15, -0.1) is 0 Å². The minimum absolute atomic E-state index is 0.0243. The van der Waals surface area contributed by atoms with Crippen molar-refractivity contribution < 1.29 is 69.4 Å². The van der Waals surface area contributed by atoms with Crippen molar-refractivity contribution in [2.75, 3.05) is 6.61 Å². The predicted molar refractivity (Wildman–Crippen MR) is 122 cm³/mol. The molecule has 0 bridgehead atoms. The molecule has 0 saturated carbocycles. The number of aliphatic hydroxyl groups is 3. The van der Waals surface area contributed by atoms with E-state index in [1.807, 2.05) is 0 Å². The molecule has 1 unspecified atom stereocenters. The summed E-state index contributed by atoms with van der Waals surface area (Å²) in [6.07, 6.45) is -9.39. The van der Waals surface area contributed by atoms with Gasteiger partial charge in [0.25, 0.3) is 0 Å². The standard InChI is InChI=1S/C24H24O14/c25-10-4-13(27)11-6-16(23(36-15(11)5-10)9-1-2-12(26)14(28)3-9)37-24-22(34)21(33)20(32)17(38-24)8-35-19(31)7-18(29)30/h1-6,17,20-28,32-34H,7-8H2,(H,29,30)/t17-,20-,21+,22-,23?,24-/m0/s1. The molecule has 0 radical (unpaired) electrons. The highest BCUT2D eigenvalue weighted by atomic mass is 16.7. The molecule has 2 aromatic rings. The Kier molecular flexibility index (Phi) is 7.50. The SMILES string of the molecule is O=C(O)CC(=O)OC[C@@H]1O[C@H](OC2=Cc3c(O)cc(O)cc3OC2c2ccc(O)c(O)c2)[C@@H](O)[C@H](O)[C@H]1O. The minimum Gasteiger partial charge on any atom is -0.508 e. The van der Waals surface area contributed by atoms with Crippen molar-refractivity contribution in [3.05, 3.63) is 47.2 Å². The number of carboxylic acids is 1. The lowest BCUT2D eigenvalue weighted by atomic mass is 9.98. The second-order valence-electron chi connectivity index (χ2n) is 8.56. The van der Waals surface area contributed by atoms with Crippen LogP contribution in [-0.4, -0.2) is 90.1 Å². The van der Waals surface area contributed by atoms with Crippen LogP contribution in [0.5, 0.6) is 28.7 Å². The fourth-order valence-electron chi connectivity index (χ4n) is 3.91. The lowest BCUT2D eigenvalue weighted by molar-refractivity contribution is -0.294. The highest BCUT2D eigenvalue weighted by Gasteiger charge is 2.46. The number of phenols is 4. The second kappa shape index (κ2) is 10.6. The molecule has 0 aliphatic carbocycles. The number of aromatic hydroxyl groups is 4. The Morgan fingerprint density at radius 2 is 1.63 bits per heavy atom. The van der Waals surface area contributed by atoms with Crippen molar-refractivity contribution in [3.63, 3.8) is 0 Å². The van der Waals surface area contributed by atoms with Crippen LogP contribution >= 0.6 is 0 Å². The molecule has 0 aromatic heterocycles. The Morgan fingerprint density at radius 1 is 0.895 bits per heavy atom. The zero-order valence-electron chi connectivity index (χ0n) is 19.4. The van der Waals surface area contributed by atoms with Crippen LogP contribution in [0.25, 0.3) is 6.08 Å². The maximum absolute atomic E-state index is 11.6. The summed E-state index contributed by atoms with van der Waals surface area (Å²) >= 11 is 0. The summed E-state index contributed by atoms with van der Waals surface area (Å²) < 4.78 is 21.9. The normalized spacial score (nSPS) is 26.4. The first-order chi connectivity index (χ1) is 17.9. The summed E-state index contributed by atoms with van der Waals surface area (Å²) in [5, 5.41) is 79.6. The monoisotopic (exact) mass is 536 g/mol. The van der Waals surface area contributed by atoms with Gasteiger partial charge in [0, 0.05) is 17.7 Å². The summed E-state index contributed by atoms with van der Waals surface area (Å²) in [7, 11) is 0. The summed E-state index contributed by atoms with van der Waals surface area (Å²) in [6.45, 7) is -0.676. The number of carbonyl (C=O) groups is 2. The molecular weight excluding hydrogens is 512 g/mol. The third kappa shape index (κ3) is 5.52. The summed E-state index contributed by atoms with van der Waals surface area (Å²) in [5.41, 5.74) is 0.298. The van der Waals surface area contributed by atoms with Gasteiger partial charge in [0.05, 0.1) is 5.56 Å². The lowest BCUT2D eigenvalue weighted by Crippen LogP contribution is -2.59. The molecular formula is C24H24O14. The van der Waals surface area contributed by atoms with Crippen LogP contribution in [-0.2, 0) is 23.8 Å². The van der Waals surface area contributed by atoms with Crippen molar-refractivity contribution in [2.24, 2.45) is 0 Å². The van der Waals surface area contributed by atoms with Crippen molar-refractivity contribution in [1.29, 1.82) is 0 Å². The van der Waals surface area contributed by atoms with Gasteiger partial charge in [0.15, 0.2) is 17.6 Å². The Bertz CT molecular complexity index is 1260. The van der Waals surface area contributed by atoms with Crippen molar-refractivity contribution >= 4 is 18.0 Å². The Morgan fingerprint density at radius 3 is 2.32 bits per heavy atom. The Labute approximate surface area is 213 Å². The van der Waals surface area contributed by atoms with E-state index >= 15 is 0 Å². The van der Waals surface area contributed by atoms with Crippen LogP contribution in [0.1, 0.15) is 23.7 Å². The maximum atomic E-state index is 11.6. The highest BCUT2D eigenvalue weighted by Crippen LogP contribution is 2.45. The minimum atomic E-state index is -1.84. The molecule has 6 atom stereocenters. The predicted octanol–water partition coefficient (Wildman–Crippen LogP) is -0.174. The number of ether oxygens (including phenoxy) is 4. The second-order valence-corrected chi connectivity index (χ2v) is 8.56. The molecule has 2 aliphatic rings. The summed E-state index contributed by atoms with van der Waals surface area (Å²) in [4.78, 5) is 22.2. The molecule has 1 fully saturated rings. The lowest BCUT2D eigenvalue weighted by Gasteiger charge is -2.41. The topological polar surface area (TPSA) is 233 Å². The van der Waals surface area contributed by atoms with Gasteiger partial charge < -0.3 is 59.8 Å². The van der Waals surface area contributed by atoms with Crippen molar-refractivity contribution in [2.45, 2.75) is 43.2 Å². The number of aliphatic carboxylic acids is 1. The number of esters is 1. The van der Waals surface area contributed by atoms with E-state index in [9.17, 15) is 45.3 Å². The van der Waals surface area contributed by atoms with Gasteiger partial charge in [-0.3, -0.25) is 9.59 Å². The number of carbonyl (C=O) groups excluding carboxylic acids is 1. The first-order valence-corrected chi connectivity index (χ1v) is 11.1. The number of phenolic OH excluding ortho intramolecular Hbond substituents is 4. The molecule has 0 spiro atoms. The van der Waals surface area contributed by atoms with Gasteiger partial charge >= 0.3 is 11.9 Å². The molecule has 2 aromatic carbocycles. The number of aliphatic hydroxyl groups excluding tert-OH is 3. The van der Waals surface area contributed by atoms with Crippen LogP contribution in [0.3, 0.4) is 0 Å². The number of hydrogen-bond acceptors (Lipinski definition) is 13. The van der Waals surface area contributed by atoms with Gasteiger partial charge in [0.2, 0.25) is 6.29 Å². The van der Waals surface area contributed by atoms with Crippen molar-refractivity contribution in [1.82, 2.24) is 0 Å². The quantitative estimate of drug-likeness (QED) is 0.130. The fourth-order valence-corrected chi connectivity index (χ4v) is 3.91. The summed E-state index contributed by atoms with van der Waals surface area (Å²) in [6, 6.07) is 5.97. The van der Waals surface area contributed by atoms with Gasteiger partial charge in [-0.05, 0) is 18.2 Å². The van der Waals surface area contributed by atoms with E-state index in [4.69, 9.17) is 24.1 Å². The van der Waals surface area contributed by atoms with E-state index in [1.165, 1.54) is 24.3 Å². The first kappa shape index (κ1) is 26.8. The third-order valence-electron chi connectivity index (χ3n) is 5.82. The van der Waals surface area contributed by atoms with Gasteiger partial charge in [-0.2, -0.15) is 0 Å². The Hall–Kier alpha value is -4.24. The first-order valence-electron chi connectivity index (χ1n) is 11.1. The molecule has 4 rings (SSSR count). The molecule has 1 saturated heterocycles. The molecule has 204 valence electrons. The van der Waals surface area contributed by atoms with E-state index in [0.29, 0.717) is 0 Å². The van der Waals surface area contributed by atoms with Gasteiger partial charge in [-0.25, -0.2) is 0 Å². The number of fused-ring (bicyclic) bond motifs is 1. The van der Waals surface area contributed by atoms with Crippen molar-refractivity contribution in [3.8, 4) is 28.7 Å². The smallest absolute Gasteiger partial charge is 0.317 e. The fraction of sp³-hybridized carbons (Fsp3) is 0.333. The highest BCUT2D eigenvalue weighted by molar-refractivity contribution is 5.90. The van der Waals surface area contributed by atoms with Gasteiger partial charge in [0.1, 0.15) is 60.5 Å². The van der Waals surface area contributed by atoms with Crippen LogP contribution in [0.15, 0.2) is 36.1 Å². The number of rotatable bonds is 7. The number of hydrogen-bond donors (Lipinski definition) is 8. The molecule has 38 heavy (non-hydrogen) atoms. The van der Waals surface area contributed by atoms with Crippen LogP contribution in [0.4, 0.5) is 0 Å². The van der Waals surface area contributed by atoms with E-state index in [2.05, 4.69) is 0 Å². The number of benzene rings is 2. The van der Waals surface area contributed by atoms with E-state index in [-0.39, 0.29) is 28.4 Å². The number of carboxylic acid groups (broad SMARTS) is 1. The average Bonchev–Trinajstić information content (AvgIpc) is 2.84. The molecule has 2 aliphatic heterocycles. The molecule has 14 heteroatoms. The maximum Gasteiger partial charge on any atom is 0.317 e. The molecule has 14 nitrogen and oxygen atoms in total. The molecule has 2 heterocycles. The third-order valence-corrected chi connectivity index (χ3v) is 5.82. The van der Waals surface area contributed by atoms with Crippen LogP contribution in [0, 0.1) is 0 Å². The Balaban J connectivity index is 1.63. The average molecular weight is 536 g/mol. The summed E-state index contributed by atoms with van der Waals surface area (Å²) in [5.74, 6) is -4.29. The van der Waals surface area contributed by atoms with Crippen LogP contribution < -0.4 is 4.74 Å². The van der Waals surface area contributed by atoms with E-state index in [1.54, 1.807) is 0 Å². The van der Waals surface area contributed by atoms with Gasteiger partial charge in [-0.1, -0.05) is 6.07 Å². The zero-order chi connectivity index (χ0) is 27.7. The van der Waals surface area contributed by atoms with E-state index in [0.717, 1.165) is 12.1 Å². The molecule has 0 amide bonds. The molecule has 8 N–H and O–H groups in total. The zero-order valence-corrected chi connectivity index (χ0v) is 19.4. The largest absolute Gasteiger partial charge is 0.508 e.